The lowest BCUT2D eigenvalue weighted by molar-refractivity contribution is 0.0950. The Morgan fingerprint density at radius 3 is 2.53 bits per heavy atom. The van der Waals surface area contributed by atoms with Gasteiger partial charge in [0.15, 0.2) is 0 Å². The van der Waals surface area contributed by atoms with Gasteiger partial charge in [0, 0.05) is 38.6 Å². The molecule has 6 nitrogen and oxygen atoms in total. The zero-order chi connectivity index (χ0) is 13.7. The van der Waals surface area contributed by atoms with Crippen LogP contribution in [0.15, 0.2) is 12.4 Å². The van der Waals surface area contributed by atoms with Crippen molar-refractivity contribution >= 4 is 11.9 Å². The van der Waals surface area contributed by atoms with Gasteiger partial charge in [0.2, 0.25) is 5.95 Å². The van der Waals surface area contributed by atoms with Crippen molar-refractivity contribution in [2.75, 3.05) is 45.2 Å². The molecule has 1 aromatic heterocycles. The molecule has 0 spiro atoms. The van der Waals surface area contributed by atoms with Crippen LogP contribution < -0.4 is 10.2 Å². The van der Waals surface area contributed by atoms with Crippen molar-refractivity contribution in [3.05, 3.63) is 18.0 Å². The van der Waals surface area contributed by atoms with Crippen molar-refractivity contribution < 1.29 is 4.79 Å². The van der Waals surface area contributed by atoms with E-state index in [1.54, 1.807) is 12.4 Å². The number of aromatic nitrogens is 2. The van der Waals surface area contributed by atoms with Gasteiger partial charge >= 0.3 is 0 Å². The maximum Gasteiger partial charge on any atom is 0.254 e. The molecule has 0 radical (unpaired) electrons. The van der Waals surface area contributed by atoms with Gasteiger partial charge in [0.1, 0.15) is 0 Å². The van der Waals surface area contributed by atoms with E-state index in [1.165, 1.54) is 12.8 Å². The Kier molecular flexibility index (Phi) is 4.68. The first-order chi connectivity index (χ1) is 9.16. The number of anilines is 1. The summed E-state index contributed by atoms with van der Waals surface area (Å²) >= 11 is 0. The number of rotatable bonds is 5. The van der Waals surface area contributed by atoms with E-state index in [9.17, 15) is 4.79 Å². The van der Waals surface area contributed by atoms with Crippen LogP contribution in [-0.4, -0.2) is 61.0 Å². The van der Waals surface area contributed by atoms with Gasteiger partial charge in [-0.2, -0.15) is 0 Å². The Balaban J connectivity index is 1.88. The van der Waals surface area contributed by atoms with Gasteiger partial charge in [-0.05, 0) is 26.9 Å². The number of nitrogens with zero attached hydrogens (tertiary/aromatic N) is 4. The maximum atomic E-state index is 11.8. The smallest absolute Gasteiger partial charge is 0.254 e. The molecule has 0 aromatic carbocycles. The Morgan fingerprint density at radius 1 is 1.32 bits per heavy atom. The molecule has 0 bridgehead atoms. The summed E-state index contributed by atoms with van der Waals surface area (Å²) in [6, 6.07) is 0. The summed E-state index contributed by atoms with van der Waals surface area (Å²) in [7, 11) is 3.94. The summed E-state index contributed by atoms with van der Waals surface area (Å²) in [6.07, 6.45) is 5.59. The summed E-state index contributed by atoms with van der Waals surface area (Å²) in [4.78, 5) is 24.5. The lowest BCUT2D eigenvalue weighted by atomic mass is 10.3. The second-order valence-electron chi connectivity index (χ2n) is 5.03. The van der Waals surface area contributed by atoms with Crippen molar-refractivity contribution in [1.29, 1.82) is 0 Å². The fraction of sp³-hybridized carbons (Fsp3) is 0.615. The Morgan fingerprint density at radius 2 is 1.95 bits per heavy atom. The minimum Gasteiger partial charge on any atom is -0.351 e. The molecule has 1 saturated heterocycles. The van der Waals surface area contributed by atoms with E-state index in [1.807, 2.05) is 19.0 Å². The lowest BCUT2D eigenvalue weighted by Crippen LogP contribution is -2.31. The number of hydrogen-bond acceptors (Lipinski definition) is 5. The van der Waals surface area contributed by atoms with Gasteiger partial charge in [-0.25, -0.2) is 9.97 Å². The zero-order valence-electron chi connectivity index (χ0n) is 11.6. The summed E-state index contributed by atoms with van der Waals surface area (Å²) < 4.78 is 0. The molecule has 0 saturated carbocycles. The van der Waals surface area contributed by atoms with Crippen LogP contribution in [-0.2, 0) is 0 Å². The SMILES string of the molecule is CN(C)CCNC(=O)c1cnc(N2CCCC2)nc1. The highest BCUT2D eigenvalue weighted by Crippen LogP contribution is 2.14. The van der Waals surface area contributed by atoms with E-state index in [0.717, 1.165) is 25.6 Å². The van der Waals surface area contributed by atoms with Gasteiger partial charge in [0.05, 0.1) is 5.56 Å². The first kappa shape index (κ1) is 13.7. The largest absolute Gasteiger partial charge is 0.351 e. The fourth-order valence-electron chi connectivity index (χ4n) is 2.01. The van der Waals surface area contributed by atoms with Crippen LogP contribution in [0.4, 0.5) is 5.95 Å². The van der Waals surface area contributed by atoms with Crippen LogP contribution in [0.3, 0.4) is 0 Å². The van der Waals surface area contributed by atoms with Crippen molar-refractivity contribution in [2.24, 2.45) is 0 Å². The first-order valence-electron chi connectivity index (χ1n) is 6.67. The van der Waals surface area contributed by atoms with Gasteiger partial charge in [0.25, 0.3) is 5.91 Å². The quantitative estimate of drug-likeness (QED) is 0.831. The molecule has 1 aliphatic rings. The van der Waals surface area contributed by atoms with Crippen molar-refractivity contribution in [3.8, 4) is 0 Å². The van der Waals surface area contributed by atoms with Gasteiger partial charge in [-0.1, -0.05) is 0 Å². The van der Waals surface area contributed by atoms with Gasteiger partial charge in [-0.15, -0.1) is 0 Å². The van der Waals surface area contributed by atoms with Crippen LogP contribution in [0.2, 0.25) is 0 Å². The van der Waals surface area contributed by atoms with Crippen LogP contribution in [0.1, 0.15) is 23.2 Å². The van der Waals surface area contributed by atoms with Crippen molar-refractivity contribution in [3.63, 3.8) is 0 Å². The third-order valence-corrected chi connectivity index (χ3v) is 3.13. The highest BCUT2D eigenvalue weighted by Gasteiger charge is 2.15. The molecule has 6 heteroatoms. The minimum atomic E-state index is -0.116. The number of nitrogens with one attached hydrogen (secondary N) is 1. The average molecular weight is 263 g/mol. The molecule has 104 valence electrons. The number of carbonyl (C=O) groups is 1. The Bertz CT molecular complexity index is 412. The van der Waals surface area contributed by atoms with E-state index in [4.69, 9.17) is 0 Å². The van der Waals surface area contributed by atoms with E-state index in [2.05, 4.69) is 20.2 Å². The molecule has 1 fully saturated rings. The third-order valence-electron chi connectivity index (χ3n) is 3.13. The topological polar surface area (TPSA) is 61.4 Å². The van der Waals surface area contributed by atoms with Crippen LogP contribution in [0.5, 0.6) is 0 Å². The monoisotopic (exact) mass is 263 g/mol. The van der Waals surface area contributed by atoms with Crippen molar-refractivity contribution in [1.82, 2.24) is 20.2 Å². The van der Waals surface area contributed by atoms with Crippen LogP contribution in [0.25, 0.3) is 0 Å². The van der Waals surface area contributed by atoms with E-state index in [0.29, 0.717) is 12.1 Å². The second kappa shape index (κ2) is 6.47. The molecule has 2 rings (SSSR count). The van der Waals surface area contributed by atoms with Gasteiger partial charge < -0.3 is 15.1 Å². The van der Waals surface area contributed by atoms with Crippen LogP contribution >= 0.6 is 0 Å². The first-order valence-corrected chi connectivity index (χ1v) is 6.67. The summed E-state index contributed by atoms with van der Waals surface area (Å²) in [5.74, 6) is 0.608. The molecule has 0 atom stereocenters. The molecule has 1 aliphatic heterocycles. The third kappa shape index (κ3) is 3.89. The second-order valence-corrected chi connectivity index (χ2v) is 5.03. The normalized spacial score (nSPS) is 15.0. The van der Waals surface area contributed by atoms with Crippen LogP contribution in [0, 0.1) is 0 Å². The molecule has 19 heavy (non-hydrogen) atoms. The predicted octanol–water partition coefficient (Wildman–Crippen LogP) is 0.368. The average Bonchev–Trinajstić information content (AvgIpc) is 2.92. The number of likely N-dealkylation sites (N-methyl/N-ethyl adjacent to an activating group) is 1. The zero-order valence-corrected chi connectivity index (χ0v) is 11.6. The standard InChI is InChI=1S/C13H21N5O/c1-17(2)8-5-14-12(19)11-9-15-13(16-10-11)18-6-3-4-7-18/h9-10H,3-8H2,1-2H3,(H,14,19). The van der Waals surface area contributed by atoms with Gasteiger partial charge in [-0.3, -0.25) is 4.79 Å². The molecular formula is C13H21N5O. The highest BCUT2D eigenvalue weighted by molar-refractivity contribution is 5.93. The molecule has 1 aromatic rings. The molecule has 1 amide bonds. The fourth-order valence-corrected chi connectivity index (χ4v) is 2.01. The minimum absolute atomic E-state index is 0.116. The number of hydrogen-bond donors (Lipinski definition) is 1. The molecule has 0 aliphatic carbocycles. The summed E-state index contributed by atoms with van der Waals surface area (Å²) in [5.41, 5.74) is 0.515. The molecule has 0 unspecified atom stereocenters. The Labute approximate surface area is 113 Å². The lowest BCUT2D eigenvalue weighted by Gasteiger charge is -2.14. The predicted molar refractivity (Wildman–Crippen MR) is 74.4 cm³/mol. The Hall–Kier alpha value is -1.69. The van der Waals surface area contributed by atoms with E-state index in [-0.39, 0.29) is 5.91 Å². The summed E-state index contributed by atoms with van der Waals surface area (Å²) in [6.45, 7) is 3.46. The molecule has 1 N–H and O–H groups in total. The maximum absolute atomic E-state index is 11.8. The summed E-state index contributed by atoms with van der Waals surface area (Å²) in [5, 5.41) is 2.85. The number of amides is 1. The van der Waals surface area contributed by atoms with E-state index < -0.39 is 0 Å². The highest BCUT2D eigenvalue weighted by atomic mass is 16.1. The van der Waals surface area contributed by atoms with E-state index >= 15 is 0 Å². The molecule has 2 heterocycles. The molecular weight excluding hydrogens is 242 g/mol. The van der Waals surface area contributed by atoms with Crippen molar-refractivity contribution in [2.45, 2.75) is 12.8 Å². The number of carbonyl (C=O) groups excluding carboxylic acids is 1.